The fourth-order valence-corrected chi connectivity index (χ4v) is 1.84. The number of hydrogen-bond acceptors (Lipinski definition) is 3. The molecule has 0 amide bonds. The average Bonchev–Trinajstić information content (AvgIpc) is 2.25. The van der Waals surface area contributed by atoms with Crippen molar-refractivity contribution in [1.29, 1.82) is 0 Å². The molecule has 0 fully saturated rings. The Bertz CT molecular complexity index is 345. The maximum atomic E-state index is 5.91. The van der Waals surface area contributed by atoms with Crippen LogP contribution in [0.5, 0.6) is 0 Å². The quantitative estimate of drug-likeness (QED) is 0.853. The largest absolute Gasteiger partial charge is 0.354 e. The number of aromatic nitrogens is 1. The smallest absolute Gasteiger partial charge is 0.129 e. The maximum Gasteiger partial charge on any atom is 0.129 e. The highest BCUT2D eigenvalue weighted by atomic mass is 15.2. The van der Waals surface area contributed by atoms with Crippen molar-refractivity contribution in [2.24, 2.45) is 11.7 Å². The van der Waals surface area contributed by atoms with Crippen LogP contribution >= 0.6 is 0 Å². The third kappa shape index (κ3) is 4.00. The first kappa shape index (κ1) is 14.0. The Morgan fingerprint density at radius 1 is 1.24 bits per heavy atom. The highest BCUT2D eigenvalue weighted by Gasteiger charge is 2.14. The van der Waals surface area contributed by atoms with Crippen molar-refractivity contribution >= 4 is 5.82 Å². The Morgan fingerprint density at radius 2 is 1.88 bits per heavy atom. The Labute approximate surface area is 105 Å². The summed E-state index contributed by atoms with van der Waals surface area (Å²) >= 11 is 0. The van der Waals surface area contributed by atoms with Crippen molar-refractivity contribution in [3.63, 3.8) is 0 Å². The molecule has 0 bridgehead atoms. The zero-order chi connectivity index (χ0) is 13.0. The number of rotatable bonds is 5. The van der Waals surface area contributed by atoms with Gasteiger partial charge in [-0.25, -0.2) is 4.98 Å². The van der Waals surface area contributed by atoms with Crippen LogP contribution in [-0.2, 0) is 0 Å². The molecule has 0 aliphatic heterocycles. The van der Waals surface area contributed by atoms with E-state index in [0.717, 1.165) is 17.9 Å². The standard InChI is InChI=1S/C14H25N3/c1-10(2)9-17(11(3)4)14-8-13(12(5)15)6-7-16-14/h6-8,10-12H,9,15H2,1-5H3/t12-/m1/s1. The summed E-state index contributed by atoms with van der Waals surface area (Å²) in [5.41, 5.74) is 7.06. The summed E-state index contributed by atoms with van der Waals surface area (Å²) in [6.07, 6.45) is 1.85. The molecule has 1 heterocycles. The van der Waals surface area contributed by atoms with Gasteiger partial charge in [0, 0.05) is 24.8 Å². The number of nitrogens with zero attached hydrogens (tertiary/aromatic N) is 2. The number of pyridine rings is 1. The minimum Gasteiger partial charge on any atom is -0.354 e. The van der Waals surface area contributed by atoms with Crippen LogP contribution in [0.1, 0.15) is 46.2 Å². The minimum atomic E-state index is 0.0600. The van der Waals surface area contributed by atoms with Crippen LogP contribution in [0.3, 0.4) is 0 Å². The molecule has 0 aliphatic carbocycles. The van der Waals surface area contributed by atoms with Crippen molar-refractivity contribution in [1.82, 2.24) is 4.98 Å². The van der Waals surface area contributed by atoms with Gasteiger partial charge in [-0.2, -0.15) is 0 Å². The molecule has 0 spiro atoms. The lowest BCUT2D eigenvalue weighted by atomic mass is 10.1. The van der Waals surface area contributed by atoms with Crippen LogP contribution in [-0.4, -0.2) is 17.6 Å². The van der Waals surface area contributed by atoms with Crippen LogP contribution in [0.15, 0.2) is 18.3 Å². The number of anilines is 1. The second-order valence-corrected chi connectivity index (χ2v) is 5.38. The van der Waals surface area contributed by atoms with E-state index in [1.807, 2.05) is 19.2 Å². The third-order valence-electron chi connectivity index (χ3n) is 2.77. The third-order valence-corrected chi connectivity index (χ3v) is 2.77. The Balaban J connectivity index is 2.97. The minimum absolute atomic E-state index is 0.0600. The van der Waals surface area contributed by atoms with E-state index in [9.17, 15) is 0 Å². The van der Waals surface area contributed by atoms with E-state index in [4.69, 9.17) is 5.73 Å². The molecule has 17 heavy (non-hydrogen) atoms. The van der Waals surface area contributed by atoms with E-state index in [0.29, 0.717) is 12.0 Å². The molecule has 3 nitrogen and oxygen atoms in total. The topological polar surface area (TPSA) is 42.1 Å². The number of hydrogen-bond donors (Lipinski definition) is 1. The molecule has 0 saturated carbocycles. The van der Waals surface area contributed by atoms with Crippen LogP contribution in [0, 0.1) is 5.92 Å². The van der Waals surface area contributed by atoms with Gasteiger partial charge in [-0.05, 0) is 44.4 Å². The molecule has 0 aliphatic rings. The molecule has 1 aromatic heterocycles. The number of nitrogens with two attached hydrogens (primary N) is 1. The molecule has 2 N–H and O–H groups in total. The second-order valence-electron chi connectivity index (χ2n) is 5.38. The Hall–Kier alpha value is -1.09. The summed E-state index contributed by atoms with van der Waals surface area (Å²) < 4.78 is 0. The van der Waals surface area contributed by atoms with E-state index in [-0.39, 0.29) is 6.04 Å². The summed E-state index contributed by atoms with van der Waals surface area (Å²) in [7, 11) is 0. The lowest BCUT2D eigenvalue weighted by molar-refractivity contribution is 0.565. The molecule has 3 heteroatoms. The Morgan fingerprint density at radius 3 is 2.35 bits per heavy atom. The van der Waals surface area contributed by atoms with Gasteiger partial charge in [-0.3, -0.25) is 0 Å². The van der Waals surface area contributed by atoms with Gasteiger partial charge in [0.2, 0.25) is 0 Å². The van der Waals surface area contributed by atoms with Crippen molar-refractivity contribution < 1.29 is 0 Å². The first-order chi connectivity index (χ1) is 7.91. The predicted octanol–water partition coefficient (Wildman–Crippen LogP) is 2.97. The van der Waals surface area contributed by atoms with Crippen LogP contribution < -0.4 is 10.6 Å². The molecule has 0 unspecified atom stereocenters. The van der Waals surface area contributed by atoms with Gasteiger partial charge in [-0.15, -0.1) is 0 Å². The van der Waals surface area contributed by atoms with Crippen LogP contribution in [0.25, 0.3) is 0 Å². The van der Waals surface area contributed by atoms with E-state index < -0.39 is 0 Å². The molecule has 0 aromatic carbocycles. The van der Waals surface area contributed by atoms with Crippen LogP contribution in [0.4, 0.5) is 5.82 Å². The van der Waals surface area contributed by atoms with E-state index in [2.05, 4.69) is 43.6 Å². The van der Waals surface area contributed by atoms with Gasteiger partial charge in [0.05, 0.1) is 0 Å². The van der Waals surface area contributed by atoms with Crippen molar-refractivity contribution in [2.75, 3.05) is 11.4 Å². The van der Waals surface area contributed by atoms with Crippen molar-refractivity contribution in [2.45, 2.75) is 46.7 Å². The van der Waals surface area contributed by atoms with E-state index >= 15 is 0 Å². The zero-order valence-corrected chi connectivity index (χ0v) is 11.6. The van der Waals surface area contributed by atoms with Gasteiger partial charge in [0.15, 0.2) is 0 Å². The van der Waals surface area contributed by atoms with E-state index in [1.54, 1.807) is 0 Å². The van der Waals surface area contributed by atoms with Gasteiger partial charge >= 0.3 is 0 Å². The molecule has 96 valence electrons. The normalized spacial score (nSPS) is 13.2. The van der Waals surface area contributed by atoms with Crippen molar-refractivity contribution in [3.8, 4) is 0 Å². The summed E-state index contributed by atoms with van der Waals surface area (Å²) in [5.74, 6) is 1.65. The average molecular weight is 235 g/mol. The SMILES string of the molecule is CC(C)CN(c1cc([C@@H](C)N)ccn1)C(C)C. The van der Waals surface area contributed by atoms with Gasteiger partial charge in [0.1, 0.15) is 5.82 Å². The van der Waals surface area contributed by atoms with Crippen LogP contribution in [0.2, 0.25) is 0 Å². The summed E-state index contributed by atoms with van der Waals surface area (Å²) in [6, 6.07) is 4.60. The molecule has 1 rings (SSSR count). The zero-order valence-electron chi connectivity index (χ0n) is 11.6. The fourth-order valence-electron chi connectivity index (χ4n) is 1.84. The lowest BCUT2D eigenvalue weighted by Crippen LogP contribution is -2.34. The van der Waals surface area contributed by atoms with Gasteiger partial charge in [-0.1, -0.05) is 13.8 Å². The maximum absolute atomic E-state index is 5.91. The molecule has 0 saturated heterocycles. The molecule has 1 atom stereocenters. The first-order valence-electron chi connectivity index (χ1n) is 6.40. The highest BCUT2D eigenvalue weighted by Crippen LogP contribution is 2.19. The second kappa shape index (κ2) is 6.01. The summed E-state index contributed by atoms with van der Waals surface area (Å²) in [4.78, 5) is 6.80. The fraction of sp³-hybridized carbons (Fsp3) is 0.643. The molecular formula is C14H25N3. The molecule has 0 radical (unpaired) electrons. The molecular weight excluding hydrogens is 210 g/mol. The van der Waals surface area contributed by atoms with Gasteiger partial charge < -0.3 is 10.6 Å². The summed E-state index contributed by atoms with van der Waals surface area (Å²) in [5, 5.41) is 0. The first-order valence-corrected chi connectivity index (χ1v) is 6.40. The summed E-state index contributed by atoms with van der Waals surface area (Å²) in [6.45, 7) is 11.9. The lowest BCUT2D eigenvalue weighted by Gasteiger charge is -2.30. The predicted molar refractivity (Wildman–Crippen MR) is 74.2 cm³/mol. The van der Waals surface area contributed by atoms with Gasteiger partial charge in [0.25, 0.3) is 0 Å². The molecule has 1 aromatic rings. The highest BCUT2D eigenvalue weighted by molar-refractivity contribution is 5.42. The van der Waals surface area contributed by atoms with E-state index in [1.165, 1.54) is 0 Å². The monoisotopic (exact) mass is 235 g/mol. The van der Waals surface area contributed by atoms with Crippen molar-refractivity contribution in [3.05, 3.63) is 23.9 Å². The Kier molecular flexibility index (Phi) is 4.94.